The molecule has 0 unspecified atom stereocenters. The lowest BCUT2D eigenvalue weighted by Crippen LogP contribution is -2.44. The van der Waals surface area contributed by atoms with Gasteiger partial charge >= 0.3 is 0 Å². The number of hydrogen-bond donors (Lipinski definition) is 2. The molecule has 0 bridgehead atoms. The molecule has 2 saturated heterocycles. The molecule has 0 aliphatic carbocycles. The van der Waals surface area contributed by atoms with E-state index in [9.17, 15) is 28.8 Å². The van der Waals surface area contributed by atoms with Crippen LogP contribution >= 0.6 is 15.9 Å². The van der Waals surface area contributed by atoms with E-state index >= 15 is 8.78 Å². The van der Waals surface area contributed by atoms with Crippen molar-refractivity contribution in [1.29, 1.82) is 0 Å². The first-order valence-corrected chi connectivity index (χ1v) is 27.2. The molecule has 2 aliphatic rings. The zero-order chi connectivity index (χ0) is 57.5. The minimum Gasteiger partial charge on any atom is -0.337 e. The number of fused-ring (bicyclic) bond motifs is 2. The predicted molar refractivity (Wildman–Crippen MR) is 304 cm³/mol. The van der Waals surface area contributed by atoms with E-state index < -0.39 is 47.7 Å². The molecule has 9 aromatic rings. The summed E-state index contributed by atoms with van der Waals surface area (Å²) in [6, 6.07) is 21.6. The normalized spacial score (nSPS) is 16.9. The van der Waals surface area contributed by atoms with Crippen molar-refractivity contribution in [3.63, 3.8) is 0 Å². The molecule has 3 aromatic carbocycles. The van der Waals surface area contributed by atoms with Gasteiger partial charge in [-0.3, -0.25) is 38.4 Å². The first-order chi connectivity index (χ1) is 39.5. The SMILES string of the molecule is CC(=O)c1cn(CC(=O)N2C[C@H](F)C[C@H]2C(=O)Nc2cccc(-c3ncccc3C[C@@H]3C[C@@H](C(=O)Nc4cccc(Br)n4)N(C(=O)Cn4nc(C(C)=O)c5cc(-c6cnc(C)nc6)ccc54)C3)c2F)c2ccc(-c3cnc(C)nc3)cc12. The number of halogens is 3. The fourth-order valence-electron chi connectivity index (χ4n) is 10.9. The molecule has 0 saturated carbocycles. The number of anilines is 2. The Morgan fingerprint density at radius 2 is 1.30 bits per heavy atom. The van der Waals surface area contributed by atoms with E-state index in [4.69, 9.17) is 0 Å². The van der Waals surface area contributed by atoms with Crippen molar-refractivity contribution in [3.05, 3.63) is 161 Å². The Kier molecular flexibility index (Phi) is 15.1. The number of hydrogen-bond acceptors (Lipinski definition) is 13. The van der Waals surface area contributed by atoms with Crippen LogP contribution in [0.15, 0.2) is 127 Å². The van der Waals surface area contributed by atoms with Gasteiger partial charge in [-0.25, -0.2) is 33.7 Å². The molecule has 0 spiro atoms. The second kappa shape index (κ2) is 22.7. The highest BCUT2D eigenvalue weighted by Gasteiger charge is 2.42. The third-order valence-electron chi connectivity index (χ3n) is 14.9. The molecule has 4 amide bonds. The summed E-state index contributed by atoms with van der Waals surface area (Å²) in [5.74, 6) is -2.52. The van der Waals surface area contributed by atoms with Crippen molar-refractivity contribution >= 4 is 84.4 Å². The van der Waals surface area contributed by atoms with Gasteiger partial charge in [0.2, 0.25) is 23.6 Å². The third kappa shape index (κ3) is 11.1. The van der Waals surface area contributed by atoms with Crippen molar-refractivity contribution < 1.29 is 37.5 Å². The lowest BCUT2D eigenvalue weighted by atomic mass is 9.93. The number of carbonyl (C=O) groups is 6. The molecule has 414 valence electrons. The summed E-state index contributed by atoms with van der Waals surface area (Å²) in [6.45, 7) is 5.52. The summed E-state index contributed by atoms with van der Waals surface area (Å²) >= 11 is 3.35. The summed E-state index contributed by atoms with van der Waals surface area (Å²) in [7, 11) is 0. The maximum atomic E-state index is 17.0. The van der Waals surface area contributed by atoms with Crippen LogP contribution in [-0.4, -0.2) is 121 Å². The van der Waals surface area contributed by atoms with E-state index in [0.717, 1.165) is 27.2 Å². The van der Waals surface area contributed by atoms with E-state index in [2.05, 4.69) is 61.6 Å². The van der Waals surface area contributed by atoms with Gasteiger partial charge in [-0.1, -0.05) is 30.3 Å². The third-order valence-corrected chi connectivity index (χ3v) is 15.4. The quantitative estimate of drug-likeness (QED) is 0.0722. The van der Waals surface area contributed by atoms with Gasteiger partial charge in [0, 0.05) is 95.6 Å². The molecule has 6 aromatic heterocycles. The highest BCUT2D eigenvalue weighted by molar-refractivity contribution is 9.10. The van der Waals surface area contributed by atoms with Crippen LogP contribution in [0.3, 0.4) is 0 Å². The number of aromatic nitrogens is 9. The topological polar surface area (TPSA) is 233 Å². The highest BCUT2D eigenvalue weighted by atomic mass is 79.9. The van der Waals surface area contributed by atoms with E-state index in [0.29, 0.717) is 49.2 Å². The van der Waals surface area contributed by atoms with Crippen molar-refractivity contribution in [3.8, 4) is 33.5 Å². The first-order valence-electron chi connectivity index (χ1n) is 26.4. The minimum atomic E-state index is -1.54. The van der Waals surface area contributed by atoms with Gasteiger partial charge < -0.3 is 25.0 Å². The number of nitrogens with zero attached hydrogens (tertiary/aromatic N) is 11. The second-order valence-corrected chi connectivity index (χ2v) is 21.4. The van der Waals surface area contributed by atoms with E-state index in [-0.39, 0.29) is 91.4 Å². The van der Waals surface area contributed by atoms with Crippen LogP contribution in [-0.2, 0) is 38.7 Å². The molecule has 2 fully saturated rings. The lowest BCUT2D eigenvalue weighted by Gasteiger charge is -2.24. The molecule has 2 aliphatic heterocycles. The Bertz CT molecular complexity index is 4040. The van der Waals surface area contributed by atoms with E-state index in [1.807, 2.05) is 24.3 Å². The largest absolute Gasteiger partial charge is 0.337 e. The van der Waals surface area contributed by atoms with E-state index in [1.165, 1.54) is 41.8 Å². The molecular formula is C60H52BrF2N13O6. The molecule has 0 radical (unpaired) electrons. The maximum Gasteiger partial charge on any atom is 0.248 e. The van der Waals surface area contributed by atoms with Gasteiger partial charge in [0.05, 0.1) is 23.4 Å². The summed E-state index contributed by atoms with van der Waals surface area (Å²) in [6.07, 6.45) is 8.41. The fraction of sp³-hybridized carbons (Fsp3) is 0.250. The number of nitrogens with one attached hydrogen (secondary N) is 2. The molecule has 2 N–H and O–H groups in total. The number of amides is 4. The zero-order valence-corrected chi connectivity index (χ0v) is 46.4. The standard InChI is InChI=1S/C60H52BrF2N13O6/c1-32(77)46-29-73(48-15-13-37(20-44(46)48)40-23-65-34(3)66-24-40)30-54(79)75-28-42(62)22-51(75)59(81)69-47-10-5-9-43(56(47)63)58-39(8-7-17-64-58)18-36-19-50(60(82)71-53-12-6-11-52(61)70-53)74(27-36)55(80)31-76-49-16-14-38(41-25-67-35(4)68-26-41)21-45(49)57(72-76)33(2)78/h5-17,20-21,23-26,29,36,42,50-51H,18-19,22,27-28,30-31H2,1-4H3,(H,69,81)(H,70,71,82)/t36-,42-,50+,51+/m1/s1. The Labute approximate surface area is 476 Å². The van der Waals surface area contributed by atoms with Crippen molar-refractivity contribution in [2.45, 2.75) is 78.3 Å². The average Bonchev–Trinajstić information content (AvgIpc) is 4.28. The average molecular weight is 1170 g/mol. The molecule has 4 atom stereocenters. The van der Waals surface area contributed by atoms with Gasteiger partial charge in [-0.05, 0) is 127 Å². The smallest absolute Gasteiger partial charge is 0.248 e. The maximum absolute atomic E-state index is 17.0. The van der Waals surface area contributed by atoms with Gasteiger partial charge in [-0.15, -0.1) is 0 Å². The number of rotatable bonds is 15. The fourth-order valence-corrected chi connectivity index (χ4v) is 11.3. The zero-order valence-electron chi connectivity index (χ0n) is 44.8. The number of aryl methyl sites for hydroxylation is 2. The molecule has 82 heavy (non-hydrogen) atoms. The van der Waals surface area contributed by atoms with Crippen LogP contribution in [0.4, 0.5) is 20.3 Å². The molecule has 8 heterocycles. The van der Waals surface area contributed by atoms with Gasteiger partial charge in [0.1, 0.15) is 59.1 Å². The number of pyridine rings is 2. The van der Waals surface area contributed by atoms with Crippen LogP contribution in [0.25, 0.3) is 55.3 Å². The van der Waals surface area contributed by atoms with Crippen LogP contribution < -0.4 is 10.6 Å². The monoisotopic (exact) mass is 1170 g/mol. The number of benzene rings is 3. The second-order valence-electron chi connectivity index (χ2n) is 20.6. The van der Waals surface area contributed by atoms with Gasteiger partial charge in [0.25, 0.3) is 0 Å². The van der Waals surface area contributed by atoms with Crippen LogP contribution in [0.2, 0.25) is 0 Å². The van der Waals surface area contributed by atoms with Crippen molar-refractivity contribution in [2.75, 3.05) is 23.7 Å². The molecule has 11 rings (SSSR count). The minimum absolute atomic E-state index is 0.0424. The molecular weight excluding hydrogens is 1120 g/mol. The summed E-state index contributed by atoms with van der Waals surface area (Å²) in [5, 5.41) is 11.2. The Hall–Kier alpha value is -9.31. The van der Waals surface area contributed by atoms with Gasteiger partial charge in [0.15, 0.2) is 17.4 Å². The van der Waals surface area contributed by atoms with Gasteiger partial charge in [-0.2, -0.15) is 5.10 Å². The van der Waals surface area contributed by atoms with Crippen molar-refractivity contribution in [2.24, 2.45) is 5.92 Å². The molecule has 19 nitrogen and oxygen atoms in total. The number of likely N-dealkylation sites (tertiary alicyclic amines) is 2. The first kappa shape index (κ1) is 54.6. The summed E-state index contributed by atoms with van der Waals surface area (Å²) in [5.41, 5.74) is 5.30. The molecule has 22 heteroatoms. The van der Waals surface area contributed by atoms with E-state index in [1.54, 1.807) is 97.9 Å². The van der Waals surface area contributed by atoms with Crippen LogP contribution in [0, 0.1) is 25.6 Å². The van der Waals surface area contributed by atoms with Crippen LogP contribution in [0.5, 0.6) is 0 Å². The Morgan fingerprint density at radius 1 is 0.671 bits per heavy atom. The summed E-state index contributed by atoms with van der Waals surface area (Å²) < 4.78 is 35.8. The summed E-state index contributed by atoms with van der Waals surface area (Å²) in [4.78, 5) is 112. The lowest BCUT2D eigenvalue weighted by molar-refractivity contribution is -0.137. The number of Topliss-reactive ketones (excluding diaryl/α,β-unsaturated/α-hetero) is 2. The number of alkyl halides is 1. The van der Waals surface area contributed by atoms with Crippen LogP contribution in [0.1, 0.15) is 64.7 Å². The number of ketones is 2. The Morgan fingerprint density at radius 3 is 1.99 bits per heavy atom. The van der Waals surface area contributed by atoms with Crippen molar-refractivity contribution in [1.82, 2.24) is 54.1 Å². The highest BCUT2D eigenvalue weighted by Crippen LogP contribution is 2.36. The number of carbonyl (C=O) groups excluding carboxylic acids is 6. The predicted octanol–water partition coefficient (Wildman–Crippen LogP) is 8.96. The Balaban J connectivity index is 0.818.